The summed E-state index contributed by atoms with van der Waals surface area (Å²) in [6.07, 6.45) is 5.77. The van der Waals surface area contributed by atoms with Gasteiger partial charge in [0.15, 0.2) is 0 Å². The lowest BCUT2D eigenvalue weighted by Crippen LogP contribution is -2.11. The van der Waals surface area contributed by atoms with Crippen molar-refractivity contribution in [2.75, 3.05) is 0 Å². The average Bonchev–Trinajstić information content (AvgIpc) is 2.53. The fraction of sp³-hybridized carbons (Fsp3) is 0. The van der Waals surface area contributed by atoms with Crippen LogP contribution < -0.4 is 5.73 Å². The van der Waals surface area contributed by atoms with E-state index >= 15 is 0 Å². The third-order valence-electron chi connectivity index (χ3n) is 3.27. The number of hydrogen-bond donors (Lipinski definition) is 1. The van der Waals surface area contributed by atoms with E-state index in [0.717, 1.165) is 16.5 Å². The number of fused-ring (bicyclic) bond motifs is 1. The first-order valence-electron chi connectivity index (χ1n) is 6.66. The molecule has 0 atom stereocenters. The van der Waals surface area contributed by atoms with Crippen molar-refractivity contribution >= 4 is 29.0 Å². The molecule has 1 heterocycles. The number of nitrogens with zero attached hydrogens (tertiary/aromatic N) is 1. The van der Waals surface area contributed by atoms with Crippen LogP contribution in [0.2, 0.25) is 0 Å². The van der Waals surface area contributed by atoms with Crippen LogP contribution in [0.5, 0.6) is 0 Å². The minimum absolute atomic E-state index is 0.450. The summed E-state index contributed by atoms with van der Waals surface area (Å²) in [5.41, 5.74) is 8.56. The van der Waals surface area contributed by atoms with Crippen LogP contribution in [0, 0.1) is 0 Å². The van der Waals surface area contributed by atoms with Crippen molar-refractivity contribution in [1.82, 2.24) is 4.98 Å². The van der Waals surface area contributed by atoms with Crippen molar-refractivity contribution in [3.8, 4) is 0 Å². The number of carbonyl (C=O) groups excluding carboxylic acids is 1. The Bertz CT molecular complexity index is 823. The van der Waals surface area contributed by atoms with Crippen molar-refractivity contribution < 1.29 is 4.79 Å². The van der Waals surface area contributed by atoms with Crippen LogP contribution >= 0.6 is 0 Å². The smallest absolute Gasteiger partial charge is 0.250 e. The number of aromatic nitrogens is 1. The number of amides is 1. The minimum atomic E-state index is -0.458. The van der Waals surface area contributed by atoms with Crippen molar-refractivity contribution in [3.63, 3.8) is 0 Å². The maximum atomic E-state index is 11.4. The SMILES string of the molecule is NC(=O)c1cccc2cc(/C=C\c3ccccc3)cnc12. The quantitative estimate of drug-likeness (QED) is 0.794. The van der Waals surface area contributed by atoms with Gasteiger partial charge in [-0.25, -0.2) is 0 Å². The Labute approximate surface area is 122 Å². The molecule has 0 unspecified atom stereocenters. The molecule has 1 aromatic heterocycles. The van der Waals surface area contributed by atoms with Crippen LogP contribution in [0.15, 0.2) is 60.8 Å². The van der Waals surface area contributed by atoms with E-state index in [2.05, 4.69) is 4.98 Å². The molecule has 0 fully saturated rings. The fourth-order valence-electron chi connectivity index (χ4n) is 2.22. The highest BCUT2D eigenvalue weighted by atomic mass is 16.1. The van der Waals surface area contributed by atoms with E-state index in [0.29, 0.717) is 11.1 Å². The van der Waals surface area contributed by atoms with Crippen molar-refractivity contribution in [2.24, 2.45) is 5.73 Å². The number of nitrogens with two attached hydrogens (primary N) is 1. The molecule has 0 aliphatic carbocycles. The van der Waals surface area contributed by atoms with Crippen LogP contribution in [0.3, 0.4) is 0 Å². The molecule has 3 rings (SSSR count). The van der Waals surface area contributed by atoms with E-state index in [1.54, 1.807) is 12.3 Å². The number of primary amides is 1. The minimum Gasteiger partial charge on any atom is -0.366 e. The van der Waals surface area contributed by atoms with E-state index in [-0.39, 0.29) is 0 Å². The molecule has 0 spiro atoms. The maximum absolute atomic E-state index is 11.4. The summed E-state index contributed by atoms with van der Waals surface area (Å²) >= 11 is 0. The van der Waals surface area contributed by atoms with E-state index in [9.17, 15) is 4.79 Å². The molecule has 3 heteroatoms. The molecule has 0 radical (unpaired) electrons. The molecule has 3 nitrogen and oxygen atoms in total. The summed E-state index contributed by atoms with van der Waals surface area (Å²) in [7, 11) is 0. The first-order valence-corrected chi connectivity index (χ1v) is 6.66. The summed E-state index contributed by atoms with van der Waals surface area (Å²) in [5.74, 6) is -0.458. The summed E-state index contributed by atoms with van der Waals surface area (Å²) < 4.78 is 0. The number of pyridine rings is 1. The number of rotatable bonds is 3. The maximum Gasteiger partial charge on any atom is 0.250 e. The summed E-state index contributed by atoms with van der Waals surface area (Å²) in [4.78, 5) is 15.7. The van der Waals surface area contributed by atoms with Gasteiger partial charge >= 0.3 is 0 Å². The third kappa shape index (κ3) is 2.82. The van der Waals surface area contributed by atoms with Gasteiger partial charge in [-0.15, -0.1) is 0 Å². The van der Waals surface area contributed by atoms with Crippen molar-refractivity contribution in [2.45, 2.75) is 0 Å². The lowest BCUT2D eigenvalue weighted by Gasteiger charge is -2.03. The zero-order chi connectivity index (χ0) is 14.7. The Morgan fingerprint density at radius 1 is 0.952 bits per heavy atom. The normalized spacial score (nSPS) is 11.0. The zero-order valence-corrected chi connectivity index (χ0v) is 11.4. The van der Waals surface area contributed by atoms with Gasteiger partial charge in [0.05, 0.1) is 11.1 Å². The molecule has 0 saturated heterocycles. The van der Waals surface area contributed by atoms with Gasteiger partial charge in [-0.3, -0.25) is 9.78 Å². The molecule has 3 aromatic rings. The van der Waals surface area contributed by atoms with Gasteiger partial charge < -0.3 is 5.73 Å². The largest absolute Gasteiger partial charge is 0.366 e. The van der Waals surface area contributed by atoms with E-state index in [1.807, 2.05) is 60.7 Å². The lowest BCUT2D eigenvalue weighted by atomic mass is 10.1. The van der Waals surface area contributed by atoms with Gasteiger partial charge in [0.25, 0.3) is 5.91 Å². The van der Waals surface area contributed by atoms with Crippen molar-refractivity contribution in [1.29, 1.82) is 0 Å². The Balaban J connectivity index is 1.99. The number of carbonyl (C=O) groups is 1. The molecule has 0 bridgehead atoms. The number of hydrogen-bond acceptors (Lipinski definition) is 2. The second-order valence-electron chi connectivity index (χ2n) is 4.75. The molecule has 1 amide bonds. The Morgan fingerprint density at radius 3 is 2.48 bits per heavy atom. The van der Waals surface area contributed by atoms with Gasteiger partial charge in [0, 0.05) is 11.6 Å². The highest BCUT2D eigenvalue weighted by molar-refractivity contribution is 6.04. The van der Waals surface area contributed by atoms with Gasteiger partial charge in [-0.1, -0.05) is 54.6 Å². The first-order chi connectivity index (χ1) is 10.2. The number of benzene rings is 2. The zero-order valence-electron chi connectivity index (χ0n) is 11.4. The summed E-state index contributed by atoms with van der Waals surface area (Å²) in [5, 5.41) is 0.904. The topological polar surface area (TPSA) is 56.0 Å². The molecule has 21 heavy (non-hydrogen) atoms. The van der Waals surface area contributed by atoms with Crippen molar-refractivity contribution in [3.05, 3.63) is 77.5 Å². The monoisotopic (exact) mass is 274 g/mol. The highest BCUT2D eigenvalue weighted by Gasteiger charge is 2.07. The molecule has 2 N–H and O–H groups in total. The summed E-state index contributed by atoms with van der Waals surface area (Å²) in [6, 6.07) is 17.5. The molecule has 0 aliphatic heterocycles. The van der Waals surface area contributed by atoms with Crippen LogP contribution in [-0.2, 0) is 0 Å². The van der Waals surface area contributed by atoms with Gasteiger partial charge in [0.2, 0.25) is 0 Å². The predicted molar refractivity (Wildman–Crippen MR) is 85.6 cm³/mol. The van der Waals surface area contributed by atoms with E-state index < -0.39 is 5.91 Å². The Morgan fingerprint density at radius 2 is 1.71 bits per heavy atom. The second kappa shape index (κ2) is 5.59. The molecular formula is C18H14N2O. The standard InChI is InChI=1S/C18H14N2O/c19-18(21)16-8-4-7-15-11-14(12-20-17(15)16)10-9-13-5-2-1-3-6-13/h1-12H,(H2,19,21)/b10-9-. The number of para-hydroxylation sites is 1. The van der Waals surface area contributed by atoms with E-state index in [4.69, 9.17) is 5.73 Å². The predicted octanol–water partition coefficient (Wildman–Crippen LogP) is 3.50. The molecule has 102 valence electrons. The molecule has 0 aliphatic rings. The van der Waals surface area contributed by atoms with Gasteiger partial charge in [-0.2, -0.15) is 0 Å². The average molecular weight is 274 g/mol. The van der Waals surface area contributed by atoms with Crippen LogP contribution in [-0.4, -0.2) is 10.9 Å². The molecule has 2 aromatic carbocycles. The Hall–Kier alpha value is -2.94. The molecular weight excluding hydrogens is 260 g/mol. The van der Waals surface area contributed by atoms with Gasteiger partial charge in [0.1, 0.15) is 0 Å². The molecule has 0 saturated carbocycles. The summed E-state index contributed by atoms with van der Waals surface area (Å²) in [6.45, 7) is 0. The van der Waals surface area contributed by atoms with Gasteiger partial charge in [-0.05, 0) is 23.3 Å². The highest BCUT2D eigenvalue weighted by Crippen LogP contribution is 2.18. The first kappa shape index (κ1) is 13.1. The lowest BCUT2D eigenvalue weighted by molar-refractivity contribution is 0.100. The second-order valence-corrected chi connectivity index (χ2v) is 4.75. The van der Waals surface area contributed by atoms with E-state index in [1.165, 1.54) is 0 Å². The third-order valence-corrected chi connectivity index (χ3v) is 3.27. The van der Waals surface area contributed by atoms with Crippen LogP contribution in [0.1, 0.15) is 21.5 Å². The van der Waals surface area contributed by atoms with Crippen LogP contribution in [0.25, 0.3) is 23.1 Å². The fourth-order valence-corrected chi connectivity index (χ4v) is 2.22. The Kier molecular flexibility index (Phi) is 3.48. The van der Waals surface area contributed by atoms with Crippen LogP contribution in [0.4, 0.5) is 0 Å².